The quantitative estimate of drug-likeness (QED) is 0.795. The number of hydrogen-bond donors (Lipinski definition) is 1. The first-order chi connectivity index (χ1) is 9.45. The minimum atomic E-state index is -4.28. The zero-order chi connectivity index (χ0) is 14.3. The van der Waals surface area contributed by atoms with E-state index in [1.807, 2.05) is 31.2 Å². The van der Waals surface area contributed by atoms with Crippen LogP contribution in [-0.4, -0.2) is 0 Å². The predicted molar refractivity (Wildman–Crippen MR) is 72.7 cm³/mol. The highest BCUT2D eigenvalue weighted by Crippen LogP contribution is 2.39. The Labute approximate surface area is 115 Å². The SMILES string of the molecule is Cc1ccccc1C1Cc2cc(C(F)(F)F)ccc2N1. The van der Waals surface area contributed by atoms with E-state index in [0.29, 0.717) is 6.42 Å². The summed E-state index contributed by atoms with van der Waals surface area (Å²) < 4.78 is 38.2. The molecular weight excluding hydrogens is 263 g/mol. The van der Waals surface area contributed by atoms with Crippen LogP contribution in [0.5, 0.6) is 0 Å². The summed E-state index contributed by atoms with van der Waals surface area (Å²) in [5.74, 6) is 0. The Morgan fingerprint density at radius 2 is 1.85 bits per heavy atom. The molecule has 1 aliphatic rings. The van der Waals surface area contributed by atoms with Crippen LogP contribution in [0.3, 0.4) is 0 Å². The van der Waals surface area contributed by atoms with Crippen molar-refractivity contribution in [3.05, 3.63) is 64.7 Å². The summed E-state index contributed by atoms with van der Waals surface area (Å²) in [5, 5.41) is 3.30. The molecule has 20 heavy (non-hydrogen) atoms. The molecule has 0 spiro atoms. The number of aryl methyl sites for hydroxylation is 1. The van der Waals surface area contributed by atoms with Crippen LogP contribution in [0.15, 0.2) is 42.5 Å². The molecule has 0 saturated carbocycles. The van der Waals surface area contributed by atoms with E-state index < -0.39 is 11.7 Å². The molecule has 2 aromatic carbocycles. The number of nitrogens with one attached hydrogen (secondary N) is 1. The van der Waals surface area contributed by atoms with Gasteiger partial charge in [0.05, 0.1) is 11.6 Å². The van der Waals surface area contributed by atoms with Gasteiger partial charge in [0.2, 0.25) is 0 Å². The first kappa shape index (κ1) is 13.0. The second-order valence-corrected chi connectivity index (χ2v) is 5.13. The molecule has 0 bridgehead atoms. The maximum absolute atomic E-state index is 12.7. The van der Waals surface area contributed by atoms with Crippen LogP contribution in [0, 0.1) is 6.92 Å². The molecule has 3 rings (SSSR count). The lowest BCUT2D eigenvalue weighted by atomic mass is 9.98. The summed E-state index contributed by atoms with van der Waals surface area (Å²) in [4.78, 5) is 0. The summed E-state index contributed by atoms with van der Waals surface area (Å²) in [6.07, 6.45) is -3.69. The molecule has 2 aromatic rings. The van der Waals surface area contributed by atoms with Gasteiger partial charge in [0.25, 0.3) is 0 Å². The average Bonchev–Trinajstić information content (AvgIpc) is 2.80. The fourth-order valence-electron chi connectivity index (χ4n) is 2.70. The minimum Gasteiger partial charge on any atom is -0.378 e. The Morgan fingerprint density at radius 1 is 1.10 bits per heavy atom. The zero-order valence-corrected chi connectivity index (χ0v) is 11.0. The van der Waals surface area contributed by atoms with Crippen LogP contribution >= 0.6 is 0 Å². The van der Waals surface area contributed by atoms with Gasteiger partial charge in [-0.25, -0.2) is 0 Å². The van der Waals surface area contributed by atoms with Crippen LogP contribution in [0.2, 0.25) is 0 Å². The van der Waals surface area contributed by atoms with E-state index >= 15 is 0 Å². The van der Waals surface area contributed by atoms with Gasteiger partial charge in [0, 0.05) is 5.69 Å². The van der Waals surface area contributed by atoms with Gasteiger partial charge < -0.3 is 5.32 Å². The minimum absolute atomic E-state index is 0.0506. The van der Waals surface area contributed by atoms with Crippen molar-refractivity contribution in [2.75, 3.05) is 5.32 Å². The lowest BCUT2D eigenvalue weighted by Crippen LogP contribution is -2.07. The van der Waals surface area contributed by atoms with Crippen molar-refractivity contribution in [1.82, 2.24) is 0 Å². The van der Waals surface area contributed by atoms with Gasteiger partial charge in [-0.3, -0.25) is 0 Å². The molecule has 1 aliphatic heterocycles. The Balaban J connectivity index is 1.91. The van der Waals surface area contributed by atoms with Crippen molar-refractivity contribution >= 4 is 5.69 Å². The second-order valence-electron chi connectivity index (χ2n) is 5.13. The lowest BCUT2D eigenvalue weighted by Gasteiger charge is -2.14. The smallest absolute Gasteiger partial charge is 0.378 e. The van der Waals surface area contributed by atoms with E-state index in [2.05, 4.69) is 5.32 Å². The molecule has 1 atom stereocenters. The number of fused-ring (bicyclic) bond motifs is 1. The van der Waals surface area contributed by atoms with Crippen molar-refractivity contribution in [3.63, 3.8) is 0 Å². The first-order valence-electron chi connectivity index (χ1n) is 6.47. The molecule has 0 radical (unpaired) electrons. The summed E-state index contributed by atoms with van der Waals surface area (Å²) >= 11 is 0. The highest BCUT2D eigenvalue weighted by atomic mass is 19.4. The van der Waals surface area contributed by atoms with E-state index in [-0.39, 0.29) is 6.04 Å². The summed E-state index contributed by atoms with van der Waals surface area (Å²) in [6.45, 7) is 2.02. The van der Waals surface area contributed by atoms with E-state index in [4.69, 9.17) is 0 Å². The number of rotatable bonds is 1. The molecule has 1 N–H and O–H groups in total. The van der Waals surface area contributed by atoms with Gasteiger partial charge in [0.15, 0.2) is 0 Å². The van der Waals surface area contributed by atoms with Crippen LogP contribution < -0.4 is 5.32 Å². The predicted octanol–water partition coefficient (Wildman–Crippen LogP) is 4.72. The zero-order valence-electron chi connectivity index (χ0n) is 11.0. The number of alkyl halides is 3. The molecule has 0 aliphatic carbocycles. The molecule has 0 fully saturated rings. The maximum Gasteiger partial charge on any atom is 0.416 e. The number of benzene rings is 2. The Bertz CT molecular complexity index is 646. The third kappa shape index (κ3) is 2.26. The molecule has 1 unspecified atom stereocenters. The van der Waals surface area contributed by atoms with Crippen LogP contribution in [0.4, 0.5) is 18.9 Å². The fourth-order valence-corrected chi connectivity index (χ4v) is 2.70. The molecule has 0 aromatic heterocycles. The second kappa shape index (κ2) is 4.54. The molecule has 0 amide bonds. The van der Waals surface area contributed by atoms with Gasteiger partial charge in [-0.15, -0.1) is 0 Å². The van der Waals surface area contributed by atoms with Gasteiger partial charge in [-0.1, -0.05) is 24.3 Å². The number of halogens is 3. The molecule has 104 valence electrons. The summed E-state index contributed by atoms with van der Waals surface area (Å²) in [5.41, 5.74) is 3.23. The van der Waals surface area contributed by atoms with Gasteiger partial charge in [-0.05, 0) is 48.2 Å². The topological polar surface area (TPSA) is 12.0 Å². The highest BCUT2D eigenvalue weighted by molar-refractivity contribution is 5.60. The standard InChI is InChI=1S/C16H14F3N/c1-10-4-2-3-5-13(10)15-9-11-8-12(16(17,18)19)6-7-14(11)20-15/h2-8,15,20H,9H2,1H3. The Morgan fingerprint density at radius 3 is 2.55 bits per heavy atom. The first-order valence-corrected chi connectivity index (χ1v) is 6.47. The molecule has 0 saturated heterocycles. The molecule has 1 nitrogen and oxygen atoms in total. The Kier molecular flexibility index (Phi) is 2.96. The van der Waals surface area contributed by atoms with E-state index in [1.54, 1.807) is 0 Å². The Hall–Kier alpha value is -1.97. The normalized spacial score (nSPS) is 17.7. The lowest BCUT2D eigenvalue weighted by molar-refractivity contribution is -0.137. The van der Waals surface area contributed by atoms with Gasteiger partial charge >= 0.3 is 6.18 Å². The van der Waals surface area contributed by atoms with E-state index in [9.17, 15) is 13.2 Å². The van der Waals surface area contributed by atoms with Crippen LogP contribution in [0.25, 0.3) is 0 Å². The van der Waals surface area contributed by atoms with E-state index in [1.165, 1.54) is 12.1 Å². The monoisotopic (exact) mass is 277 g/mol. The largest absolute Gasteiger partial charge is 0.416 e. The van der Waals surface area contributed by atoms with Gasteiger partial charge in [0.1, 0.15) is 0 Å². The molecule has 1 heterocycles. The average molecular weight is 277 g/mol. The summed E-state index contributed by atoms with van der Waals surface area (Å²) in [6, 6.07) is 11.9. The third-order valence-electron chi connectivity index (χ3n) is 3.75. The van der Waals surface area contributed by atoms with E-state index in [0.717, 1.165) is 28.4 Å². The van der Waals surface area contributed by atoms with Crippen molar-refractivity contribution in [1.29, 1.82) is 0 Å². The van der Waals surface area contributed by atoms with Crippen LogP contribution in [-0.2, 0) is 12.6 Å². The summed E-state index contributed by atoms with van der Waals surface area (Å²) in [7, 11) is 0. The van der Waals surface area contributed by atoms with Crippen molar-refractivity contribution < 1.29 is 13.2 Å². The fraction of sp³-hybridized carbons (Fsp3) is 0.250. The molecular formula is C16H14F3N. The number of anilines is 1. The van der Waals surface area contributed by atoms with Gasteiger partial charge in [-0.2, -0.15) is 13.2 Å². The van der Waals surface area contributed by atoms with Crippen LogP contribution in [0.1, 0.15) is 28.3 Å². The van der Waals surface area contributed by atoms with Crippen molar-refractivity contribution in [3.8, 4) is 0 Å². The third-order valence-corrected chi connectivity index (χ3v) is 3.75. The highest BCUT2D eigenvalue weighted by Gasteiger charge is 2.32. The number of hydrogen-bond acceptors (Lipinski definition) is 1. The molecule has 4 heteroatoms. The maximum atomic E-state index is 12.7. The van der Waals surface area contributed by atoms with Crippen molar-refractivity contribution in [2.45, 2.75) is 25.6 Å². The van der Waals surface area contributed by atoms with Crippen molar-refractivity contribution in [2.24, 2.45) is 0 Å².